The number of aromatic amines is 1. The van der Waals surface area contributed by atoms with Gasteiger partial charge >= 0.3 is 0 Å². The molecule has 0 aliphatic heterocycles. The van der Waals surface area contributed by atoms with Crippen molar-refractivity contribution in [3.05, 3.63) is 17.5 Å². The highest BCUT2D eigenvalue weighted by Crippen LogP contribution is 2.39. The number of rotatable bonds is 6. The molecule has 1 heterocycles. The van der Waals surface area contributed by atoms with Crippen LogP contribution in [0.4, 0.5) is 0 Å². The predicted molar refractivity (Wildman–Crippen MR) is 75.4 cm³/mol. The van der Waals surface area contributed by atoms with Gasteiger partial charge in [0, 0.05) is 24.2 Å². The summed E-state index contributed by atoms with van der Waals surface area (Å²) < 4.78 is 0. The summed E-state index contributed by atoms with van der Waals surface area (Å²) in [5.41, 5.74) is 1.42. The van der Waals surface area contributed by atoms with E-state index in [1.165, 1.54) is 4.90 Å². The lowest BCUT2D eigenvalue weighted by Crippen LogP contribution is -2.42. The topological polar surface area (TPSA) is 78.1 Å². The first-order valence-corrected chi connectivity index (χ1v) is 7.15. The second-order valence-electron chi connectivity index (χ2n) is 5.52. The summed E-state index contributed by atoms with van der Waals surface area (Å²) in [6.07, 6.45) is 2.31. The molecular weight excluding hydrogens is 256 g/mol. The lowest BCUT2D eigenvalue weighted by molar-refractivity contribution is -0.122. The zero-order valence-corrected chi connectivity index (χ0v) is 12.3. The Bertz CT molecular complexity index is 491. The van der Waals surface area contributed by atoms with E-state index in [-0.39, 0.29) is 24.4 Å². The van der Waals surface area contributed by atoms with E-state index >= 15 is 0 Å². The third-order valence-electron chi connectivity index (χ3n) is 3.29. The normalized spacial score (nSPS) is 14.4. The van der Waals surface area contributed by atoms with Crippen LogP contribution in [0, 0.1) is 0 Å². The van der Waals surface area contributed by atoms with Crippen molar-refractivity contribution in [1.29, 1.82) is 0 Å². The maximum absolute atomic E-state index is 12.3. The van der Waals surface area contributed by atoms with Gasteiger partial charge < -0.3 is 10.2 Å². The zero-order valence-electron chi connectivity index (χ0n) is 12.3. The molecular formula is C14H22N4O2. The summed E-state index contributed by atoms with van der Waals surface area (Å²) >= 11 is 0. The van der Waals surface area contributed by atoms with Gasteiger partial charge in [0.2, 0.25) is 5.91 Å². The molecule has 0 bridgehead atoms. The van der Waals surface area contributed by atoms with Crippen LogP contribution in [0.25, 0.3) is 0 Å². The number of hydrogen-bond acceptors (Lipinski definition) is 3. The Hall–Kier alpha value is -1.85. The minimum atomic E-state index is -0.199. The largest absolute Gasteiger partial charge is 0.352 e. The maximum atomic E-state index is 12.3. The zero-order chi connectivity index (χ0) is 14.7. The van der Waals surface area contributed by atoms with Gasteiger partial charge in [0.25, 0.3) is 5.91 Å². The second-order valence-corrected chi connectivity index (χ2v) is 5.52. The molecule has 6 heteroatoms. The van der Waals surface area contributed by atoms with Gasteiger partial charge in [0.1, 0.15) is 5.69 Å². The van der Waals surface area contributed by atoms with Crippen molar-refractivity contribution in [2.45, 2.75) is 45.6 Å². The Morgan fingerprint density at radius 1 is 1.50 bits per heavy atom. The minimum Gasteiger partial charge on any atom is -0.352 e. The van der Waals surface area contributed by atoms with Crippen LogP contribution in [0.5, 0.6) is 0 Å². The Kier molecular flexibility index (Phi) is 4.42. The summed E-state index contributed by atoms with van der Waals surface area (Å²) in [7, 11) is 0. The van der Waals surface area contributed by atoms with Crippen LogP contribution in [0.2, 0.25) is 0 Å². The Balaban J connectivity index is 1.98. The number of carbonyl (C=O) groups is 2. The van der Waals surface area contributed by atoms with E-state index in [1.54, 1.807) is 0 Å². The third-order valence-corrected chi connectivity index (χ3v) is 3.29. The number of nitrogens with one attached hydrogen (secondary N) is 2. The van der Waals surface area contributed by atoms with Crippen LogP contribution >= 0.6 is 0 Å². The van der Waals surface area contributed by atoms with E-state index in [2.05, 4.69) is 15.5 Å². The van der Waals surface area contributed by atoms with Gasteiger partial charge in [0.05, 0.1) is 6.54 Å². The van der Waals surface area contributed by atoms with Crippen molar-refractivity contribution >= 4 is 11.8 Å². The van der Waals surface area contributed by atoms with Crippen molar-refractivity contribution in [3.8, 4) is 0 Å². The van der Waals surface area contributed by atoms with E-state index in [1.807, 2.05) is 26.8 Å². The van der Waals surface area contributed by atoms with Crippen LogP contribution in [-0.2, 0) is 4.79 Å². The van der Waals surface area contributed by atoms with Gasteiger partial charge in [-0.3, -0.25) is 14.7 Å². The van der Waals surface area contributed by atoms with Crippen molar-refractivity contribution in [3.63, 3.8) is 0 Å². The van der Waals surface area contributed by atoms with Crippen LogP contribution < -0.4 is 5.32 Å². The van der Waals surface area contributed by atoms with E-state index in [0.717, 1.165) is 18.5 Å². The SMILES string of the molecule is CCN(CC(=O)NC(C)C)C(=O)c1cc(C2CC2)[nH]n1. The van der Waals surface area contributed by atoms with Crippen molar-refractivity contribution in [2.24, 2.45) is 0 Å². The number of nitrogens with zero attached hydrogens (tertiary/aromatic N) is 2. The van der Waals surface area contributed by atoms with E-state index in [0.29, 0.717) is 18.2 Å². The molecule has 110 valence electrons. The average Bonchev–Trinajstić information content (AvgIpc) is 3.12. The molecule has 1 aliphatic rings. The van der Waals surface area contributed by atoms with Gasteiger partial charge in [-0.1, -0.05) is 0 Å². The molecule has 1 aliphatic carbocycles. The van der Waals surface area contributed by atoms with Crippen molar-refractivity contribution in [2.75, 3.05) is 13.1 Å². The highest BCUT2D eigenvalue weighted by Gasteiger charge is 2.27. The van der Waals surface area contributed by atoms with Gasteiger partial charge in [-0.25, -0.2) is 0 Å². The standard InChI is InChI=1S/C14H22N4O2/c1-4-18(8-13(19)15-9(2)3)14(20)12-7-11(16-17-12)10-5-6-10/h7,9-10H,4-6,8H2,1-3H3,(H,15,19)(H,16,17). The number of carbonyl (C=O) groups excluding carboxylic acids is 2. The Morgan fingerprint density at radius 2 is 2.20 bits per heavy atom. The first-order chi connectivity index (χ1) is 9.51. The minimum absolute atomic E-state index is 0.0686. The van der Waals surface area contributed by atoms with E-state index in [9.17, 15) is 9.59 Å². The van der Waals surface area contributed by atoms with Gasteiger partial charge in [0.15, 0.2) is 0 Å². The number of aromatic nitrogens is 2. The summed E-state index contributed by atoms with van der Waals surface area (Å²) in [5, 5.41) is 9.77. The number of amides is 2. The molecule has 2 amide bonds. The molecule has 2 N–H and O–H groups in total. The van der Waals surface area contributed by atoms with Gasteiger partial charge in [-0.05, 0) is 39.7 Å². The van der Waals surface area contributed by atoms with E-state index in [4.69, 9.17) is 0 Å². The quantitative estimate of drug-likeness (QED) is 0.822. The fourth-order valence-corrected chi connectivity index (χ4v) is 2.08. The molecule has 20 heavy (non-hydrogen) atoms. The molecule has 0 spiro atoms. The summed E-state index contributed by atoms with van der Waals surface area (Å²) in [5.74, 6) is 0.186. The Morgan fingerprint density at radius 3 is 2.75 bits per heavy atom. The fraction of sp³-hybridized carbons (Fsp3) is 0.643. The second kappa shape index (κ2) is 6.07. The molecule has 1 aromatic rings. The lowest BCUT2D eigenvalue weighted by atomic mass is 10.2. The smallest absolute Gasteiger partial charge is 0.274 e. The number of likely N-dealkylation sites (N-methyl/N-ethyl adjacent to an activating group) is 1. The first kappa shape index (κ1) is 14.6. The molecule has 0 radical (unpaired) electrons. The first-order valence-electron chi connectivity index (χ1n) is 7.15. The molecule has 6 nitrogen and oxygen atoms in total. The van der Waals surface area contributed by atoms with Gasteiger partial charge in [-0.15, -0.1) is 0 Å². The molecule has 1 saturated carbocycles. The molecule has 1 fully saturated rings. The molecule has 2 rings (SSSR count). The summed E-state index contributed by atoms with van der Waals surface area (Å²) in [6, 6.07) is 1.88. The maximum Gasteiger partial charge on any atom is 0.274 e. The molecule has 0 aromatic carbocycles. The lowest BCUT2D eigenvalue weighted by Gasteiger charge is -2.20. The highest BCUT2D eigenvalue weighted by molar-refractivity contribution is 5.95. The summed E-state index contributed by atoms with van der Waals surface area (Å²) in [6.45, 7) is 6.20. The fourth-order valence-electron chi connectivity index (χ4n) is 2.08. The van der Waals surface area contributed by atoms with Crippen LogP contribution in [0.15, 0.2) is 6.07 Å². The number of hydrogen-bond donors (Lipinski definition) is 2. The molecule has 0 saturated heterocycles. The highest BCUT2D eigenvalue weighted by atomic mass is 16.2. The molecule has 0 unspecified atom stereocenters. The summed E-state index contributed by atoms with van der Waals surface area (Å²) in [4.78, 5) is 25.6. The van der Waals surface area contributed by atoms with Crippen molar-refractivity contribution in [1.82, 2.24) is 20.4 Å². The van der Waals surface area contributed by atoms with E-state index < -0.39 is 0 Å². The number of H-pyrrole nitrogens is 1. The van der Waals surface area contributed by atoms with Crippen molar-refractivity contribution < 1.29 is 9.59 Å². The average molecular weight is 278 g/mol. The molecule has 0 atom stereocenters. The molecule has 1 aromatic heterocycles. The Labute approximate surface area is 118 Å². The van der Waals surface area contributed by atoms with Crippen LogP contribution in [-0.4, -0.2) is 46.0 Å². The predicted octanol–water partition coefficient (Wildman–Crippen LogP) is 1.27. The third kappa shape index (κ3) is 3.59. The van der Waals surface area contributed by atoms with Gasteiger partial charge in [-0.2, -0.15) is 5.10 Å². The van der Waals surface area contributed by atoms with Crippen LogP contribution in [0.3, 0.4) is 0 Å². The van der Waals surface area contributed by atoms with Crippen LogP contribution in [0.1, 0.15) is 55.7 Å². The monoisotopic (exact) mass is 278 g/mol.